The molecule has 0 saturated heterocycles. The molecule has 2 aromatic rings. The maximum atomic E-state index is 12.6. The standard InChI is InChI=1S/C15H17N5O3S/c1-3-8-20-15(17-18-19-20)16-14(21)12-7-6-11-5-4-9-24(22,23)13(11)10(12)2/h4-7H,3,8-9H2,1-2H3,(H,16,17,19,21). The molecular weight excluding hydrogens is 330 g/mol. The minimum Gasteiger partial charge on any atom is -0.289 e. The van der Waals surface area contributed by atoms with Crippen molar-refractivity contribution in [1.82, 2.24) is 20.2 Å². The van der Waals surface area contributed by atoms with Crippen LogP contribution in [-0.4, -0.2) is 40.3 Å². The Bertz CT molecular complexity index is 931. The highest BCUT2D eigenvalue weighted by Gasteiger charge is 2.26. The number of fused-ring (bicyclic) bond motifs is 1. The average molecular weight is 347 g/mol. The fraction of sp³-hybridized carbons (Fsp3) is 0.333. The molecule has 8 nitrogen and oxygen atoms in total. The first-order valence-electron chi connectivity index (χ1n) is 7.54. The van der Waals surface area contributed by atoms with E-state index in [1.807, 2.05) is 6.92 Å². The topological polar surface area (TPSA) is 107 Å². The predicted octanol–water partition coefficient (Wildman–Crippen LogP) is 1.44. The van der Waals surface area contributed by atoms with Gasteiger partial charge in [-0.15, -0.1) is 0 Å². The van der Waals surface area contributed by atoms with Crippen molar-refractivity contribution in [3.05, 3.63) is 34.9 Å². The quantitative estimate of drug-likeness (QED) is 0.897. The highest BCUT2D eigenvalue weighted by molar-refractivity contribution is 7.91. The number of amides is 1. The summed E-state index contributed by atoms with van der Waals surface area (Å²) < 4.78 is 26.1. The molecule has 1 aromatic heterocycles. The summed E-state index contributed by atoms with van der Waals surface area (Å²) in [5, 5.41) is 13.8. The minimum absolute atomic E-state index is 0.0549. The Hall–Kier alpha value is -2.55. The molecule has 1 aromatic carbocycles. The molecule has 1 N–H and O–H groups in total. The van der Waals surface area contributed by atoms with Crippen LogP contribution in [0.5, 0.6) is 0 Å². The molecule has 126 valence electrons. The fourth-order valence-corrected chi connectivity index (χ4v) is 4.30. The lowest BCUT2D eigenvalue weighted by atomic mass is 10.0. The molecule has 0 radical (unpaired) electrons. The molecule has 9 heteroatoms. The van der Waals surface area contributed by atoms with Crippen LogP contribution in [0.15, 0.2) is 23.1 Å². The van der Waals surface area contributed by atoms with Crippen LogP contribution in [0.2, 0.25) is 0 Å². The lowest BCUT2D eigenvalue weighted by molar-refractivity contribution is 0.102. The third-order valence-electron chi connectivity index (χ3n) is 3.80. The van der Waals surface area contributed by atoms with Crippen LogP contribution >= 0.6 is 0 Å². The molecule has 0 fully saturated rings. The molecule has 0 bridgehead atoms. The van der Waals surface area contributed by atoms with Gasteiger partial charge in [-0.25, -0.2) is 13.1 Å². The van der Waals surface area contributed by atoms with Crippen LogP contribution in [0.3, 0.4) is 0 Å². The Morgan fingerprint density at radius 3 is 2.92 bits per heavy atom. The number of anilines is 1. The number of nitrogens with zero attached hydrogens (tertiary/aromatic N) is 4. The maximum absolute atomic E-state index is 12.6. The normalized spacial score (nSPS) is 15.1. The highest BCUT2D eigenvalue weighted by atomic mass is 32.2. The van der Waals surface area contributed by atoms with E-state index in [1.54, 1.807) is 31.2 Å². The number of rotatable bonds is 4. The van der Waals surface area contributed by atoms with Crippen LogP contribution in [0.4, 0.5) is 5.95 Å². The molecule has 0 spiro atoms. The second kappa shape index (κ2) is 6.16. The molecule has 0 unspecified atom stereocenters. The first-order valence-corrected chi connectivity index (χ1v) is 9.19. The van der Waals surface area contributed by atoms with Gasteiger partial charge in [0.15, 0.2) is 9.84 Å². The van der Waals surface area contributed by atoms with E-state index in [2.05, 4.69) is 20.8 Å². The van der Waals surface area contributed by atoms with Crippen molar-refractivity contribution in [3.63, 3.8) is 0 Å². The van der Waals surface area contributed by atoms with Crippen molar-refractivity contribution in [2.24, 2.45) is 0 Å². The average Bonchev–Trinajstić information content (AvgIpc) is 2.94. The summed E-state index contributed by atoms with van der Waals surface area (Å²) in [4.78, 5) is 12.8. The van der Waals surface area contributed by atoms with Gasteiger partial charge < -0.3 is 0 Å². The molecule has 3 rings (SSSR count). The number of nitrogens with one attached hydrogen (secondary N) is 1. The third kappa shape index (κ3) is 2.82. The zero-order chi connectivity index (χ0) is 17.3. The summed E-state index contributed by atoms with van der Waals surface area (Å²) in [5.41, 5.74) is 1.33. The monoisotopic (exact) mass is 347 g/mol. The van der Waals surface area contributed by atoms with Crippen LogP contribution in [0, 0.1) is 6.92 Å². The highest BCUT2D eigenvalue weighted by Crippen LogP contribution is 2.29. The number of tetrazole rings is 1. The molecule has 24 heavy (non-hydrogen) atoms. The van der Waals surface area contributed by atoms with Crippen LogP contribution in [-0.2, 0) is 16.4 Å². The van der Waals surface area contributed by atoms with Crippen molar-refractivity contribution in [2.75, 3.05) is 11.1 Å². The van der Waals surface area contributed by atoms with Gasteiger partial charge in [-0.3, -0.25) is 10.1 Å². The number of hydrogen-bond acceptors (Lipinski definition) is 6. The van der Waals surface area contributed by atoms with Gasteiger partial charge in [-0.1, -0.05) is 30.2 Å². The summed E-state index contributed by atoms with van der Waals surface area (Å²) >= 11 is 0. The van der Waals surface area contributed by atoms with E-state index in [4.69, 9.17) is 0 Å². The number of carbonyl (C=O) groups is 1. The predicted molar refractivity (Wildman–Crippen MR) is 88.3 cm³/mol. The number of sulfone groups is 1. The molecular formula is C15H17N5O3S. The first-order chi connectivity index (χ1) is 11.4. The minimum atomic E-state index is -3.42. The fourth-order valence-electron chi connectivity index (χ4n) is 2.71. The van der Waals surface area contributed by atoms with Gasteiger partial charge in [-0.2, -0.15) is 0 Å². The van der Waals surface area contributed by atoms with E-state index in [1.165, 1.54) is 4.68 Å². The van der Waals surface area contributed by atoms with E-state index in [0.29, 0.717) is 23.2 Å². The Balaban J connectivity index is 1.97. The Morgan fingerprint density at radius 2 is 2.17 bits per heavy atom. The van der Waals surface area contributed by atoms with Gasteiger partial charge in [0.1, 0.15) is 0 Å². The van der Waals surface area contributed by atoms with E-state index in [0.717, 1.165) is 6.42 Å². The summed E-state index contributed by atoms with van der Waals surface area (Å²) in [6.07, 6.45) is 4.18. The lowest BCUT2D eigenvalue weighted by Crippen LogP contribution is -2.20. The van der Waals surface area contributed by atoms with Crippen molar-refractivity contribution < 1.29 is 13.2 Å². The molecule has 0 aliphatic carbocycles. The summed E-state index contributed by atoms with van der Waals surface area (Å²) in [6.45, 7) is 4.18. The van der Waals surface area contributed by atoms with Crippen LogP contribution in [0.25, 0.3) is 6.08 Å². The van der Waals surface area contributed by atoms with E-state index in [9.17, 15) is 13.2 Å². The van der Waals surface area contributed by atoms with Crippen LogP contribution in [0.1, 0.15) is 34.8 Å². The van der Waals surface area contributed by atoms with Crippen molar-refractivity contribution >= 4 is 27.8 Å². The molecule has 0 saturated carbocycles. The number of benzene rings is 1. The molecule has 1 amide bonds. The van der Waals surface area contributed by atoms with Crippen molar-refractivity contribution in [3.8, 4) is 0 Å². The Kier molecular flexibility index (Phi) is 4.18. The zero-order valence-electron chi connectivity index (χ0n) is 13.4. The third-order valence-corrected chi connectivity index (χ3v) is 5.59. The molecule has 1 aliphatic rings. The summed E-state index contributed by atoms with van der Waals surface area (Å²) in [5.74, 6) is -0.255. The van der Waals surface area contributed by atoms with Gasteiger partial charge in [-0.05, 0) is 41.0 Å². The van der Waals surface area contributed by atoms with E-state index in [-0.39, 0.29) is 16.6 Å². The number of aryl methyl sites for hydroxylation is 1. The van der Waals surface area contributed by atoms with Gasteiger partial charge in [0.05, 0.1) is 10.6 Å². The van der Waals surface area contributed by atoms with Crippen molar-refractivity contribution in [1.29, 1.82) is 0 Å². The van der Waals surface area contributed by atoms with Crippen LogP contribution < -0.4 is 5.32 Å². The lowest BCUT2D eigenvalue weighted by Gasteiger charge is -2.16. The van der Waals surface area contributed by atoms with Crippen molar-refractivity contribution in [2.45, 2.75) is 31.7 Å². The Labute approximate surface area is 139 Å². The maximum Gasteiger partial charge on any atom is 0.258 e. The second-order valence-electron chi connectivity index (χ2n) is 5.52. The van der Waals surface area contributed by atoms with E-state index < -0.39 is 15.7 Å². The van der Waals surface area contributed by atoms with Gasteiger partial charge in [0.2, 0.25) is 5.95 Å². The summed E-state index contributed by atoms with van der Waals surface area (Å²) in [6, 6.07) is 3.25. The number of carbonyl (C=O) groups excluding carboxylic acids is 1. The number of hydrogen-bond donors (Lipinski definition) is 1. The largest absolute Gasteiger partial charge is 0.289 e. The van der Waals surface area contributed by atoms with Gasteiger partial charge >= 0.3 is 0 Å². The van der Waals surface area contributed by atoms with Gasteiger partial charge in [0, 0.05) is 12.1 Å². The van der Waals surface area contributed by atoms with E-state index >= 15 is 0 Å². The molecule has 1 aliphatic heterocycles. The Morgan fingerprint density at radius 1 is 1.38 bits per heavy atom. The van der Waals surface area contributed by atoms with Gasteiger partial charge in [0.25, 0.3) is 5.91 Å². The summed E-state index contributed by atoms with van der Waals surface area (Å²) in [7, 11) is -3.42. The molecule has 2 heterocycles. The number of aromatic nitrogens is 4. The zero-order valence-corrected chi connectivity index (χ0v) is 14.2. The molecule has 0 atom stereocenters. The smallest absolute Gasteiger partial charge is 0.258 e. The first kappa shape index (κ1) is 16.3. The second-order valence-corrected chi connectivity index (χ2v) is 7.49. The SMILES string of the molecule is CCCn1nnnc1NC(=O)c1ccc2c(c1C)S(=O)(=O)CC=C2.